The van der Waals surface area contributed by atoms with Crippen LogP contribution in [0.15, 0.2) is 36.4 Å². The minimum atomic E-state index is -0.585. The molecule has 0 spiro atoms. The van der Waals surface area contributed by atoms with Crippen molar-refractivity contribution in [1.82, 2.24) is 20.4 Å². The van der Waals surface area contributed by atoms with Crippen molar-refractivity contribution in [3.8, 4) is 11.3 Å². The normalized spacial score (nSPS) is 11.9. The Morgan fingerprint density at radius 1 is 1.25 bits per heavy atom. The Morgan fingerprint density at radius 2 is 1.96 bits per heavy atom. The molecule has 2 N–H and O–H groups in total. The van der Waals surface area contributed by atoms with Crippen LogP contribution in [0.1, 0.15) is 32.4 Å². The van der Waals surface area contributed by atoms with Crippen LogP contribution in [0.2, 0.25) is 0 Å². The summed E-state index contributed by atoms with van der Waals surface area (Å²) in [6, 6.07) is 11.5. The molecule has 0 bridgehead atoms. The number of alkyl carbamates (subject to hydrolysis) is 1. The number of ether oxygens (including phenoxy) is 1. The van der Waals surface area contributed by atoms with E-state index in [0.717, 1.165) is 29.8 Å². The van der Waals surface area contributed by atoms with Gasteiger partial charge in [-0.15, -0.1) is 0 Å². The van der Waals surface area contributed by atoms with Crippen molar-refractivity contribution in [1.29, 1.82) is 0 Å². The summed E-state index contributed by atoms with van der Waals surface area (Å²) < 4.78 is 4.64. The lowest BCUT2D eigenvalue weighted by Crippen LogP contribution is -2.48. The van der Waals surface area contributed by atoms with Crippen LogP contribution < -0.4 is 5.32 Å². The number of hydrogen-bond donors (Lipinski definition) is 2. The number of nitrogens with one attached hydrogen (secondary N) is 2. The van der Waals surface area contributed by atoms with Crippen LogP contribution >= 0.6 is 0 Å². The molecule has 1 atom stereocenters. The minimum absolute atomic E-state index is 0.103. The van der Waals surface area contributed by atoms with Crippen molar-refractivity contribution in [3.63, 3.8) is 0 Å². The molecule has 0 radical (unpaired) electrons. The molecule has 152 valence electrons. The first kappa shape index (κ1) is 21.5. The summed E-state index contributed by atoms with van der Waals surface area (Å²) in [5.41, 5.74) is 3.02. The molecule has 1 aromatic carbocycles. The molecule has 2 aromatic rings. The highest BCUT2D eigenvalue weighted by Gasteiger charge is 2.25. The third-order valence-corrected chi connectivity index (χ3v) is 4.50. The number of hydrogen-bond acceptors (Lipinski definition) is 4. The number of methoxy groups -OCH3 is 1. The van der Waals surface area contributed by atoms with Gasteiger partial charge < -0.3 is 15.0 Å². The quantitative estimate of drug-likeness (QED) is 0.693. The van der Waals surface area contributed by atoms with Crippen molar-refractivity contribution in [2.24, 2.45) is 5.92 Å². The van der Waals surface area contributed by atoms with Crippen LogP contribution in [-0.4, -0.2) is 53.8 Å². The van der Waals surface area contributed by atoms with E-state index in [9.17, 15) is 9.59 Å². The number of likely N-dealkylation sites (N-methyl/N-ethyl adjacent to an activating group) is 1. The maximum absolute atomic E-state index is 12.7. The lowest BCUT2D eigenvalue weighted by Gasteiger charge is -2.25. The molecule has 2 rings (SSSR count). The maximum Gasteiger partial charge on any atom is 0.407 e. The van der Waals surface area contributed by atoms with E-state index in [2.05, 4.69) is 20.3 Å². The van der Waals surface area contributed by atoms with Gasteiger partial charge in [0.05, 0.1) is 12.8 Å². The van der Waals surface area contributed by atoms with E-state index in [1.807, 2.05) is 50.2 Å². The molecule has 0 aliphatic heterocycles. The van der Waals surface area contributed by atoms with Gasteiger partial charge >= 0.3 is 6.09 Å². The highest BCUT2D eigenvalue weighted by Crippen LogP contribution is 2.17. The second kappa shape index (κ2) is 10.5. The summed E-state index contributed by atoms with van der Waals surface area (Å²) in [5, 5.41) is 10.1. The van der Waals surface area contributed by atoms with Crippen LogP contribution in [0.3, 0.4) is 0 Å². The maximum atomic E-state index is 12.7. The van der Waals surface area contributed by atoms with E-state index in [-0.39, 0.29) is 11.8 Å². The fourth-order valence-electron chi connectivity index (χ4n) is 3.02. The topological polar surface area (TPSA) is 87.3 Å². The van der Waals surface area contributed by atoms with Gasteiger partial charge in [0.25, 0.3) is 0 Å². The van der Waals surface area contributed by atoms with E-state index < -0.39 is 12.1 Å². The Morgan fingerprint density at radius 3 is 2.61 bits per heavy atom. The van der Waals surface area contributed by atoms with E-state index in [0.29, 0.717) is 13.0 Å². The zero-order valence-electron chi connectivity index (χ0n) is 17.1. The number of amides is 2. The summed E-state index contributed by atoms with van der Waals surface area (Å²) in [6.07, 6.45) is 1.57. The van der Waals surface area contributed by atoms with E-state index >= 15 is 0 Å². The number of benzene rings is 1. The van der Waals surface area contributed by atoms with Gasteiger partial charge in [-0.2, -0.15) is 5.10 Å². The molecule has 0 saturated carbocycles. The summed E-state index contributed by atoms with van der Waals surface area (Å²) in [5.74, 6) is 0.176. The van der Waals surface area contributed by atoms with Crippen molar-refractivity contribution in [3.05, 3.63) is 42.1 Å². The van der Waals surface area contributed by atoms with Gasteiger partial charge in [0.1, 0.15) is 6.04 Å². The number of rotatable bonds is 9. The molecule has 0 fully saturated rings. The minimum Gasteiger partial charge on any atom is -0.453 e. The number of carbonyl (C=O) groups is 2. The predicted molar refractivity (Wildman–Crippen MR) is 109 cm³/mol. The van der Waals surface area contributed by atoms with Crippen LogP contribution in [-0.2, 0) is 16.0 Å². The summed E-state index contributed by atoms with van der Waals surface area (Å²) in [6.45, 7) is 4.62. The zero-order valence-corrected chi connectivity index (χ0v) is 17.1. The monoisotopic (exact) mass is 386 g/mol. The first-order valence-corrected chi connectivity index (χ1v) is 9.60. The highest BCUT2D eigenvalue weighted by atomic mass is 16.5. The molecule has 7 nitrogen and oxygen atoms in total. The van der Waals surface area contributed by atoms with Gasteiger partial charge in [0.15, 0.2) is 0 Å². The third kappa shape index (κ3) is 6.40. The third-order valence-electron chi connectivity index (χ3n) is 4.50. The summed E-state index contributed by atoms with van der Waals surface area (Å²) in [4.78, 5) is 25.9. The second-order valence-corrected chi connectivity index (χ2v) is 7.33. The lowest BCUT2D eigenvalue weighted by molar-refractivity contribution is -0.132. The van der Waals surface area contributed by atoms with Crippen LogP contribution in [0.25, 0.3) is 11.3 Å². The Balaban J connectivity index is 1.86. The fourth-order valence-corrected chi connectivity index (χ4v) is 3.02. The second-order valence-electron chi connectivity index (χ2n) is 7.33. The standard InChI is InChI=1S/C21H30N4O3/c1-15(2)13-19(22-21(27)28-4)20(26)25(3)12-8-11-17-14-18(24-23-17)16-9-6-5-7-10-16/h5-7,9-10,14-15,19H,8,11-13H2,1-4H3,(H,22,27)(H,23,24). The molecular weight excluding hydrogens is 356 g/mol. The van der Waals surface area contributed by atoms with Crippen LogP contribution in [0, 0.1) is 5.92 Å². The van der Waals surface area contributed by atoms with E-state index in [4.69, 9.17) is 0 Å². The van der Waals surface area contributed by atoms with Crippen molar-refractivity contribution in [2.45, 2.75) is 39.2 Å². The van der Waals surface area contributed by atoms with Crippen molar-refractivity contribution >= 4 is 12.0 Å². The lowest BCUT2D eigenvalue weighted by atomic mass is 10.0. The number of aromatic amines is 1. The first-order valence-electron chi connectivity index (χ1n) is 9.60. The number of carbonyl (C=O) groups excluding carboxylic acids is 2. The summed E-state index contributed by atoms with van der Waals surface area (Å²) >= 11 is 0. The molecule has 7 heteroatoms. The van der Waals surface area contributed by atoms with Gasteiger partial charge in [-0.25, -0.2) is 4.79 Å². The number of nitrogens with zero attached hydrogens (tertiary/aromatic N) is 2. The van der Waals surface area contributed by atoms with Gasteiger partial charge in [-0.05, 0) is 31.2 Å². The average molecular weight is 386 g/mol. The average Bonchev–Trinajstić information content (AvgIpc) is 3.16. The van der Waals surface area contributed by atoms with Crippen LogP contribution in [0.5, 0.6) is 0 Å². The molecule has 1 aromatic heterocycles. The Labute approximate surface area is 166 Å². The first-order chi connectivity index (χ1) is 13.4. The summed E-state index contributed by atoms with van der Waals surface area (Å²) in [7, 11) is 3.06. The predicted octanol–water partition coefficient (Wildman–Crippen LogP) is 3.24. The number of H-pyrrole nitrogens is 1. The molecule has 28 heavy (non-hydrogen) atoms. The SMILES string of the molecule is COC(=O)NC(CC(C)C)C(=O)N(C)CCCc1cc(-c2ccccc2)n[nH]1. The van der Waals surface area contributed by atoms with Gasteiger partial charge in [0, 0.05) is 24.8 Å². The largest absolute Gasteiger partial charge is 0.453 e. The molecule has 0 aliphatic carbocycles. The number of aryl methyl sites for hydroxylation is 1. The van der Waals surface area contributed by atoms with Crippen molar-refractivity contribution in [2.75, 3.05) is 20.7 Å². The smallest absolute Gasteiger partial charge is 0.407 e. The Hall–Kier alpha value is -2.83. The molecule has 2 amide bonds. The molecule has 0 aliphatic rings. The van der Waals surface area contributed by atoms with Crippen molar-refractivity contribution < 1.29 is 14.3 Å². The molecule has 1 unspecified atom stereocenters. The molecule has 1 heterocycles. The highest BCUT2D eigenvalue weighted by molar-refractivity contribution is 5.85. The van der Waals surface area contributed by atoms with E-state index in [1.54, 1.807) is 11.9 Å². The molecule has 0 saturated heterocycles. The number of aromatic nitrogens is 2. The van der Waals surface area contributed by atoms with Crippen LogP contribution in [0.4, 0.5) is 4.79 Å². The Kier molecular flexibility index (Phi) is 8.04. The Bertz CT molecular complexity index is 758. The van der Waals surface area contributed by atoms with E-state index in [1.165, 1.54) is 7.11 Å². The van der Waals surface area contributed by atoms with Gasteiger partial charge in [0.2, 0.25) is 5.91 Å². The fraction of sp³-hybridized carbons (Fsp3) is 0.476. The molecular formula is C21H30N4O3. The van der Waals surface area contributed by atoms with Gasteiger partial charge in [-0.1, -0.05) is 44.2 Å². The zero-order chi connectivity index (χ0) is 20.5. The van der Waals surface area contributed by atoms with Gasteiger partial charge in [-0.3, -0.25) is 9.89 Å².